The van der Waals surface area contributed by atoms with Crippen LogP contribution in [0.4, 0.5) is 0 Å². The van der Waals surface area contributed by atoms with Gasteiger partial charge in [-0.3, -0.25) is 0 Å². The van der Waals surface area contributed by atoms with Gasteiger partial charge in [-0.2, -0.15) is 0 Å². The summed E-state index contributed by atoms with van der Waals surface area (Å²) in [6, 6.07) is 13.5. The number of rotatable bonds is 7. The molecule has 0 heterocycles. The molecule has 130 valence electrons. The van der Waals surface area contributed by atoms with Crippen molar-refractivity contribution in [3.63, 3.8) is 0 Å². The Morgan fingerprint density at radius 3 is 1.17 bits per heavy atom. The maximum absolute atomic E-state index is 11.8. The average molecular weight is 403 g/mol. The summed E-state index contributed by atoms with van der Waals surface area (Å²) < 4.78 is 47.1. The van der Waals surface area contributed by atoms with Crippen molar-refractivity contribution in [3.05, 3.63) is 48.5 Å². The van der Waals surface area contributed by atoms with Crippen molar-refractivity contribution in [1.29, 1.82) is 0 Å². The van der Waals surface area contributed by atoms with Crippen LogP contribution < -0.4 is 0 Å². The SMILES string of the molecule is CCS(=O)(=O)c1ccc(SSc2ccc(S(=O)(=O)CC)cc2)cc1. The van der Waals surface area contributed by atoms with Gasteiger partial charge in [0.1, 0.15) is 0 Å². The molecule has 2 rings (SSSR count). The van der Waals surface area contributed by atoms with Crippen LogP contribution in [0.2, 0.25) is 0 Å². The molecule has 0 unspecified atom stereocenters. The topological polar surface area (TPSA) is 68.3 Å². The van der Waals surface area contributed by atoms with E-state index >= 15 is 0 Å². The number of hydrogen-bond donors (Lipinski definition) is 0. The first-order chi connectivity index (χ1) is 11.3. The molecular weight excluding hydrogens is 384 g/mol. The molecule has 0 bridgehead atoms. The van der Waals surface area contributed by atoms with Gasteiger partial charge < -0.3 is 0 Å². The summed E-state index contributed by atoms with van der Waals surface area (Å²) in [5.74, 6) is 0.169. The Labute approximate surface area is 151 Å². The van der Waals surface area contributed by atoms with E-state index in [4.69, 9.17) is 0 Å². The van der Waals surface area contributed by atoms with Crippen molar-refractivity contribution in [2.45, 2.75) is 33.4 Å². The lowest BCUT2D eigenvalue weighted by molar-refractivity contribution is 0.595. The predicted molar refractivity (Wildman–Crippen MR) is 100 cm³/mol. The van der Waals surface area contributed by atoms with E-state index in [1.807, 2.05) is 0 Å². The predicted octanol–water partition coefficient (Wildman–Crippen LogP) is 4.07. The molecule has 24 heavy (non-hydrogen) atoms. The first-order valence-corrected chi connectivity index (χ1v) is 12.7. The fraction of sp³-hybridized carbons (Fsp3) is 0.250. The van der Waals surface area contributed by atoms with Crippen LogP contribution >= 0.6 is 21.6 Å². The summed E-state index contributed by atoms with van der Waals surface area (Å²) in [4.78, 5) is 2.52. The minimum absolute atomic E-state index is 0.0846. The zero-order chi connectivity index (χ0) is 17.8. The molecule has 4 nitrogen and oxygen atoms in total. The normalized spacial score (nSPS) is 12.2. The summed E-state index contributed by atoms with van der Waals surface area (Å²) in [6.07, 6.45) is 0. The third-order valence-corrected chi connectivity index (χ3v) is 9.28. The van der Waals surface area contributed by atoms with Gasteiger partial charge in [0.05, 0.1) is 21.3 Å². The van der Waals surface area contributed by atoms with Crippen LogP contribution in [0.15, 0.2) is 68.1 Å². The van der Waals surface area contributed by atoms with E-state index in [9.17, 15) is 16.8 Å². The molecule has 0 radical (unpaired) electrons. The Hall–Kier alpha value is -0.960. The molecule has 2 aromatic carbocycles. The zero-order valence-corrected chi connectivity index (χ0v) is 16.6. The molecule has 0 atom stereocenters. The number of sulfone groups is 2. The molecule has 0 saturated carbocycles. The maximum atomic E-state index is 11.8. The molecule has 0 aliphatic heterocycles. The van der Waals surface area contributed by atoms with E-state index in [0.717, 1.165) is 9.79 Å². The molecule has 0 aromatic heterocycles. The highest BCUT2D eigenvalue weighted by molar-refractivity contribution is 8.76. The quantitative estimate of drug-likeness (QED) is 0.650. The molecule has 0 aliphatic rings. The highest BCUT2D eigenvalue weighted by atomic mass is 33.1. The Bertz CT molecular complexity index is 807. The molecule has 0 amide bonds. The van der Waals surface area contributed by atoms with Gasteiger partial charge in [-0.15, -0.1) is 0 Å². The van der Waals surface area contributed by atoms with Crippen LogP contribution in [0.1, 0.15) is 13.8 Å². The fourth-order valence-electron chi connectivity index (χ4n) is 1.83. The van der Waals surface area contributed by atoms with E-state index < -0.39 is 19.7 Å². The first kappa shape index (κ1) is 19.4. The molecule has 0 fully saturated rings. The highest BCUT2D eigenvalue weighted by Gasteiger charge is 2.12. The third-order valence-electron chi connectivity index (χ3n) is 3.36. The van der Waals surface area contributed by atoms with Gasteiger partial charge in [-0.05, 0) is 48.5 Å². The van der Waals surface area contributed by atoms with Crippen molar-refractivity contribution >= 4 is 41.3 Å². The van der Waals surface area contributed by atoms with Crippen molar-refractivity contribution < 1.29 is 16.8 Å². The molecular formula is C16H18O4S4. The standard InChI is InChI=1S/C16H18O4S4/c1-3-23(17,18)15-9-5-13(6-10-15)21-22-14-7-11-16(12-8-14)24(19,20)4-2/h5-12H,3-4H2,1-2H3. The Balaban J connectivity index is 2.04. The maximum Gasteiger partial charge on any atom is 0.178 e. The lowest BCUT2D eigenvalue weighted by Crippen LogP contribution is -2.03. The first-order valence-electron chi connectivity index (χ1n) is 7.28. The summed E-state index contributed by atoms with van der Waals surface area (Å²) in [7, 11) is -3.37. The van der Waals surface area contributed by atoms with E-state index in [1.165, 1.54) is 21.6 Å². The van der Waals surface area contributed by atoms with Crippen molar-refractivity contribution in [2.75, 3.05) is 11.5 Å². The lowest BCUT2D eigenvalue weighted by atomic mass is 10.4. The largest absolute Gasteiger partial charge is 0.224 e. The molecule has 0 N–H and O–H groups in total. The van der Waals surface area contributed by atoms with E-state index in [2.05, 4.69) is 0 Å². The Morgan fingerprint density at radius 2 is 0.917 bits per heavy atom. The fourth-order valence-corrected chi connectivity index (χ4v) is 5.53. The molecule has 0 spiro atoms. The second kappa shape index (κ2) is 7.95. The van der Waals surface area contributed by atoms with Crippen molar-refractivity contribution in [1.82, 2.24) is 0 Å². The van der Waals surface area contributed by atoms with Crippen LogP contribution in [0.25, 0.3) is 0 Å². The minimum Gasteiger partial charge on any atom is -0.224 e. The highest BCUT2D eigenvalue weighted by Crippen LogP contribution is 2.37. The van der Waals surface area contributed by atoms with E-state index in [-0.39, 0.29) is 11.5 Å². The number of hydrogen-bond acceptors (Lipinski definition) is 6. The monoisotopic (exact) mass is 402 g/mol. The van der Waals surface area contributed by atoms with E-state index in [0.29, 0.717) is 9.79 Å². The van der Waals surface area contributed by atoms with Gasteiger partial charge in [-0.1, -0.05) is 35.4 Å². The Morgan fingerprint density at radius 1 is 0.625 bits per heavy atom. The summed E-state index contributed by atoms with van der Waals surface area (Å²) in [5.41, 5.74) is 0. The number of benzene rings is 2. The average Bonchev–Trinajstić information content (AvgIpc) is 2.60. The van der Waals surface area contributed by atoms with Crippen LogP contribution in [-0.2, 0) is 19.7 Å². The van der Waals surface area contributed by atoms with Gasteiger partial charge >= 0.3 is 0 Å². The Kier molecular flexibility index (Phi) is 6.41. The van der Waals surface area contributed by atoms with Gasteiger partial charge in [0.2, 0.25) is 0 Å². The second-order valence-corrected chi connectivity index (χ2v) is 11.7. The smallest absolute Gasteiger partial charge is 0.178 e. The summed E-state index contributed by atoms with van der Waals surface area (Å²) >= 11 is 0. The molecule has 8 heteroatoms. The van der Waals surface area contributed by atoms with E-state index in [1.54, 1.807) is 62.4 Å². The second-order valence-electron chi connectivity index (χ2n) is 4.92. The van der Waals surface area contributed by atoms with Crippen LogP contribution in [0.3, 0.4) is 0 Å². The van der Waals surface area contributed by atoms with Gasteiger partial charge in [-0.25, -0.2) is 16.8 Å². The molecule has 0 saturated heterocycles. The van der Waals surface area contributed by atoms with Crippen LogP contribution in [0.5, 0.6) is 0 Å². The van der Waals surface area contributed by atoms with Crippen molar-refractivity contribution in [2.24, 2.45) is 0 Å². The van der Waals surface area contributed by atoms with Crippen molar-refractivity contribution in [3.8, 4) is 0 Å². The lowest BCUT2D eigenvalue weighted by Gasteiger charge is -2.05. The molecule has 0 aliphatic carbocycles. The third kappa shape index (κ3) is 4.78. The van der Waals surface area contributed by atoms with Gasteiger partial charge in [0.15, 0.2) is 19.7 Å². The molecule has 2 aromatic rings. The summed E-state index contributed by atoms with van der Waals surface area (Å²) in [5, 5.41) is 0. The summed E-state index contributed by atoms with van der Waals surface area (Å²) in [6.45, 7) is 3.24. The van der Waals surface area contributed by atoms with Gasteiger partial charge in [0, 0.05) is 9.79 Å². The minimum atomic E-state index is -3.18. The van der Waals surface area contributed by atoms with Gasteiger partial charge in [0.25, 0.3) is 0 Å². The van der Waals surface area contributed by atoms with Crippen LogP contribution in [0, 0.1) is 0 Å². The van der Waals surface area contributed by atoms with Crippen LogP contribution in [-0.4, -0.2) is 28.3 Å². The zero-order valence-electron chi connectivity index (χ0n) is 13.3.